The van der Waals surface area contributed by atoms with E-state index in [4.69, 9.17) is 9.84 Å². The fraction of sp³-hybridized carbons (Fsp3) is 0.286. The number of nitrogens with one attached hydrogen (secondary N) is 1. The fourth-order valence-corrected chi connectivity index (χ4v) is 3.08. The molecule has 1 aliphatic heterocycles. The van der Waals surface area contributed by atoms with Gasteiger partial charge in [-0.2, -0.15) is 0 Å². The molecule has 2 aromatic carbocycles. The monoisotopic (exact) mass is 382 g/mol. The maximum absolute atomic E-state index is 12.6. The molecule has 1 saturated heterocycles. The van der Waals surface area contributed by atoms with Crippen LogP contribution in [0.1, 0.15) is 36.2 Å². The molecule has 7 heteroatoms. The van der Waals surface area contributed by atoms with Crippen molar-refractivity contribution in [3.63, 3.8) is 0 Å². The van der Waals surface area contributed by atoms with Gasteiger partial charge in [-0.15, -0.1) is 0 Å². The molecule has 0 spiro atoms. The van der Waals surface area contributed by atoms with Gasteiger partial charge in [-0.1, -0.05) is 37.3 Å². The van der Waals surface area contributed by atoms with Gasteiger partial charge in [-0.3, -0.25) is 4.79 Å². The van der Waals surface area contributed by atoms with Gasteiger partial charge in [0, 0.05) is 6.54 Å². The topological polar surface area (TPSA) is 95.9 Å². The fourth-order valence-electron chi connectivity index (χ4n) is 3.08. The van der Waals surface area contributed by atoms with Crippen molar-refractivity contribution < 1.29 is 24.2 Å². The number of β-lactam (4-membered cyclic amide) rings is 1. The van der Waals surface area contributed by atoms with Crippen LogP contribution in [0.3, 0.4) is 0 Å². The summed E-state index contributed by atoms with van der Waals surface area (Å²) in [6.45, 7) is 3.92. The minimum absolute atomic E-state index is 0.132. The van der Waals surface area contributed by atoms with Crippen LogP contribution in [0.4, 0.5) is 4.79 Å². The lowest BCUT2D eigenvalue weighted by Gasteiger charge is -2.51. The number of carbonyl (C=O) groups excluding carboxylic acids is 2. The minimum Gasteiger partial charge on any atom is -0.478 e. The first-order valence-electron chi connectivity index (χ1n) is 9.02. The number of nitrogens with zero attached hydrogens (tertiary/aromatic N) is 1. The number of aromatic carboxylic acids is 1. The van der Waals surface area contributed by atoms with E-state index < -0.39 is 23.6 Å². The molecule has 0 aromatic heterocycles. The number of urea groups is 1. The van der Waals surface area contributed by atoms with Crippen LogP contribution < -0.4 is 10.1 Å². The quantitative estimate of drug-likeness (QED) is 0.748. The van der Waals surface area contributed by atoms with E-state index in [1.165, 1.54) is 24.3 Å². The summed E-state index contributed by atoms with van der Waals surface area (Å²) in [5.74, 6) is -0.943. The summed E-state index contributed by atoms with van der Waals surface area (Å²) in [5, 5.41) is 11.7. The molecule has 1 fully saturated rings. The van der Waals surface area contributed by atoms with E-state index in [0.717, 1.165) is 10.5 Å². The molecule has 146 valence electrons. The SMILES string of the molecule is CCC1(C)C(=O)N(C(=O)NCc2ccccc2)C1Oc1ccc(C(=O)O)cc1. The van der Waals surface area contributed by atoms with E-state index in [-0.39, 0.29) is 11.5 Å². The lowest BCUT2D eigenvalue weighted by atomic mass is 9.76. The summed E-state index contributed by atoms with van der Waals surface area (Å²) in [7, 11) is 0. The molecule has 2 aromatic rings. The third-order valence-electron chi connectivity index (χ3n) is 5.08. The summed E-state index contributed by atoms with van der Waals surface area (Å²) in [5.41, 5.74) is 0.229. The Morgan fingerprint density at radius 1 is 1.14 bits per heavy atom. The molecule has 28 heavy (non-hydrogen) atoms. The summed E-state index contributed by atoms with van der Waals surface area (Å²) in [4.78, 5) is 37.3. The Morgan fingerprint density at radius 3 is 2.36 bits per heavy atom. The summed E-state index contributed by atoms with van der Waals surface area (Å²) >= 11 is 0. The average molecular weight is 382 g/mol. The third-order valence-corrected chi connectivity index (χ3v) is 5.08. The van der Waals surface area contributed by atoms with Crippen LogP contribution in [0.2, 0.25) is 0 Å². The van der Waals surface area contributed by atoms with Crippen LogP contribution >= 0.6 is 0 Å². The van der Waals surface area contributed by atoms with Gasteiger partial charge in [0.25, 0.3) is 0 Å². The van der Waals surface area contributed by atoms with Crippen LogP contribution in [0.5, 0.6) is 5.75 Å². The Hall–Kier alpha value is -3.35. The average Bonchev–Trinajstić information content (AvgIpc) is 2.72. The number of carboxylic acid groups (broad SMARTS) is 1. The van der Waals surface area contributed by atoms with Gasteiger partial charge >= 0.3 is 12.0 Å². The van der Waals surface area contributed by atoms with E-state index >= 15 is 0 Å². The smallest absolute Gasteiger partial charge is 0.335 e. The van der Waals surface area contributed by atoms with E-state index in [9.17, 15) is 14.4 Å². The Morgan fingerprint density at radius 2 is 1.79 bits per heavy atom. The molecule has 0 saturated carbocycles. The van der Waals surface area contributed by atoms with Crippen molar-refractivity contribution >= 4 is 17.9 Å². The number of hydrogen-bond donors (Lipinski definition) is 2. The number of imide groups is 1. The predicted molar refractivity (Wildman–Crippen MR) is 102 cm³/mol. The zero-order chi connectivity index (χ0) is 20.3. The van der Waals surface area contributed by atoms with E-state index in [1.807, 2.05) is 37.3 Å². The van der Waals surface area contributed by atoms with Crippen molar-refractivity contribution in [2.24, 2.45) is 5.41 Å². The van der Waals surface area contributed by atoms with Crippen molar-refractivity contribution in [2.75, 3.05) is 0 Å². The molecule has 3 rings (SSSR count). The first kappa shape index (κ1) is 19.4. The Labute approximate surface area is 162 Å². The molecule has 3 amide bonds. The normalized spacial score (nSPS) is 21.0. The second-order valence-corrected chi connectivity index (χ2v) is 6.89. The number of hydrogen-bond acceptors (Lipinski definition) is 4. The predicted octanol–water partition coefficient (Wildman–Crippen LogP) is 3.26. The molecule has 0 bridgehead atoms. The van der Waals surface area contributed by atoms with Gasteiger partial charge in [-0.05, 0) is 43.2 Å². The number of carboxylic acids is 1. The number of rotatable bonds is 6. The van der Waals surface area contributed by atoms with E-state index in [2.05, 4.69) is 5.32 Å². The Bertz CT molecular complexity index is 881. The molecule has 1 aliphatic rings. The second kappa shape index (κ2) is 7.72. The van der Waals surface area contributed by atoms with Gasteiger partial charge in [0.15, 0.2) is 6.23 Å². The third kappa shape index (κ3) is 3.55. The molecular formula is C21H22N2O5. The summed E-state index contributed by atoms with van der Waals surface area (Å²) < 4.78 is 5.90. The Balaban J connectivity index is 1.73. The molecule has 0 aliphatic carbocycles. The van der Waals surface area contributed by atoms with Crippen LogP contribution in [0, 0.1) is 5.41 Å². The molecule has 2 N–H and O–H groups in total. The van der Waals surface area contributed by atoms with Crippen LogP contribution in [0.15, 0.2) is 54.6 Å². The van der Waals surface area contributed by atoms with E-state index in [1.54, 1.807) is 6.92 Å². The van der Waals surface area contributed by atoms with Crippen LogP contribution in [-0.2, 0) is 11.3 Å². The molecule has 1 heterocycles. The van der Waals surface area contributed by atoms with Crippen LogP contribution in [0.25, 0.3) is 0 Å². The number of benzene rings is 2. The molecule has 2 atom stereocenters. The standard InChI is InChI=1S/C21H22N2O5/c1-3-21(2)18(26)23(20(27)22-13-14-7-5-4-6-8-14)19(21)28-16-11-9-15(10-12-16)17(24)25/h4-12,19H,3,13H2,1-2H3,(H,22,27)(H,24,25). The highest BCUT2D eigenvalue weighted by atomic mass is 16.5. The number of likely N-dealkylation sites (tertiary alicyclic amines) is 1. The number of ether oxygens (including phenoxy) is 1. The molecule has 2 unspecified atom stereocenters. The van der Waals surface area contributed by atoms with E-state index in [0.29, 0.717) is 18.7 Å². The first-order chi connectivity index (χ1) is 13.4. The minimum atomic E-state index is -1.04. The molecule has 0 radical (unpaired) electrons. The van der Waals surface area contributed by atoms with Crippen molar-refractivity contribution in [1.82, 2.24) is 10.2 Å². The van der Waals surface area contributed by atoms with Gasteiger partial charge in [0.05, 0.1) is 5.56 Å². The lowest BCUT2D eigenvalue weighted by molar-refractivity contribution is -0.186. The zero-order valence-corrected chi connectivity index (χ0v) is 15.7. The van der Waals surface area contributed by atoms with Gasteiger partial charge in [-0.25, -0.2) is 14.5 Å². The Kier molecular flexibility index (Phi) is 5.35. The highest BCUT2D eigenvalue weighted by Crippen LogP contribution is 2.43. The van der Waals surface area contributed by atoms with Gasteiger partial charge in [0.2, 0.25) is 5.91 Å². The van der Waals surface area contributed by atoms with Gasteiger partial charge in [0.1, 0.15) is 11.2 Å². The highest BCUT2D eigenvalue weighted by molar-refractivity contribution is 6.03. The number of carbonyl (C=O) groups is 3. The highest BCUT2D eigenvalue weighted by Gasteiger charge is 2.61. The second-order valence-electron chi connectivity index (χ2n) is 6.89. The van der Waals surface area contributed by atoms with Crippen LogP contribution in [-0.4, -0.2) is 34.1 Å². The zero-order valence-electron chi connectivity index (χ0n) is 15.7. The molecule has 7 nitrogen and oxygen atoms in total. The van der Waals surface area contributed by atoms with Crippen molar-refractivity contribution in [3.05, 3.63) is 65.7 Å². The summed E-state index contributed by atoms with van der Waals surface area (Å²) in [6.07, 6.45) is -0.261. The largest absolute Gasteiger partial charge is 0.478 e. The van der Waals surface area contributed by atoms with Crippen molar-refractivity contribution in [3.8, 4) is 5.75 Å². The maximum atomic E-state index is 12.6. The lowest BCUT2D eigenvalue weighted by Crippen LogP contribution is -2.72. The number of amides is 3. The maximum Gasteiger partial charge on any atom is 0.335 e. The van der Waals surface area contributed by atoms with Crippen molar-refractivity contribution in [2.45, 2.75) is 33.0 Å². The first-order valence-corrected chi connectivity index (χ1v) is 9.02. The summed E-state index contributed by atoms with van der Waals surface area (Å²) in [6, 6.07) is 14.7. The molecular weight excluding hydrogens is 360 g/mol. The van der Waals surface area contributed by atoms with Gasteiger partial charge < -0.3 is 15.2 Å². The van der Waals surface area contributed by atoms with Crippen molar-refractivity contribution in [1.29, 1.82) is 0 Å².